The number of likely N-dealkylation sites (N-methyl/N-ethyl adjacent to an activating group) is 1. The van der Waals surface area contributed by atoms with Gasteiger partial charge >= 0.3 is 17.1 Å². The fourth-order valence-corrected chi connectivity index (χ4v) is 17.1. The molecule has 2 aromatic heterocycles. The van der Waals surface area contributed by atoms with Crippen molar-refractivity contribution in [1.29, 1.82) is 0 Å². The number of nitrogens with two attached hydrogens (primary N) is 1. The first-order chi connectivity index (χ1) is 16.9. The molecule has 0 aromatic carbocycles. The van der Waals surface area contributed by atoms with Crippen molar-refractivity contribution in [3.63, 3.8) is 0 Å². The molecule has 2 aliphatic heterocycles. The minimum absolute atomic E-state index is 0.0305. The van der Waals surface area contributed by atoms with Crippen LogP contribution in [0.3, 0.4) is 0 Å². The van der Waals surface area contributed by atoms with E-state index in [1.54, 1.807) is 10.9 Å². The van der Waals surface area contributed by atoms with E-state index in [4.69, 9.17) is 23.4 Å². The lowest BCUT2D eigenvalue weighted by atomic mass is 10.1. The van der Waals surface area contributed by atoms with Gasteiger partial charge in [0.2, 0.25) is 5.95 Å². The van der Waals surface area contributed by atoms with E-state index in [9.17, 15) is 4.79 Å². The number of imidazole rings is 1. The van der Waals surface area contributed by atoms with Crippen molar-refractivity contribution in [3.8, 4) is 0 Å². The maximum absolute atomic E-state index is 12.4. The Morgan fingerprint density at radius 2 is 1.69 bits per heavy atom. The highest BCUT2D eigenvalue weighted by atomic mass is 28.5. The van der Waals surface area contributed by atoms with Gasteiger partial charge in [0.05, 0.1) is 25.1 Å². The summed E-state index contributed by atoms with van der Waals surface area (Å²) < 4.78 is 29.8. The highest BCUT2D eigenvalue weighted by Gasteiger charge is 2.61. The molecule has 0 radical (unpaired) electrons. The van der Waals surface area contributed by atoms with Crippen molar-refractivity contribution < 1.29 is 17.7 Å². The zero-order chi connectivity index (χ0) is 26.6. The number of H-pyrrole nitrogens is 1. The van der Waals surface area contributed by atoms with Crippen LogP contribution in [0, 0.1) is 0 Å². The zero-order valence-electron chi connectivity index (χ0n) is 22.9. The lowest BCUT2D eigenvalue weighted by Crippen LogP contribution is -2.66. The first-order valence-electron chi connectivity index (χ1n) is 12.9. The van der Waals surface area contributed by atoms with Gasteiger partial charge in [-0.2, -0.15) is 4.98 Å². The first kappa shape index (κ1) is 27.4. The monoisotopic (exact) mass is 538 g/mol. The molecule has 0 unspecified atom stereocenters. The number of nitrogens with one attached hydrogen (secondary N) is 2. The Kier molecular flexibility index (Phi) is 7.56. The molecule has 0 spiro atoms. The lowest BCUT2D eigenvalue weighted by Gasteiger charge is -2.51. The lowest BCUT2D eigenvalue weighted by molar-refractivity contribution is -0.0547. The Morgan fingerprint density at radius 1 is 1.08 bits per heavy atom. The van der Waals surface area contributed by atoms with Crippen LogP contribution in [0.4, 0.5) is 5.95 Å². The predicted molar refractivity (Wildman–Crippen MR) is 143 cm³/mol. The molecule has 13 heteroatoms. The molecule has 36 heavy (non-hydrogen) atoms. The molecule has 0 bridgehead atoms. The average Bonchev–Trinajstić information content (AvgIpc) is 3.33. The molecular weight excluding hydrogens is 496 g/mol. The summed E-state index contributed by atoms with van der Waals surface area (Å²) in [5.41, 5.74) is 6.95. The number of aromatic nitrogens is 4. The van der Waals surface area contributed by atoms with E-state index in [0.29, 0.717) is 12.3 Å². The number of hydrogen-bond donors (Lipinski definition) is 3. The normalized spacial score (nSPS) is 28.2. The van der Waals surface area contributed by atoms with Crippen LogP contribution in [0.1, 0.15) is 61.6 Å². The van der Waals surface area contributed by atoms with Gasteiger partial charge in [-0.15, -0.1) is 0 Å². The predicted octanol–water partition coefficient (Wildman–Crippen LogP) is 3.14. The summed E-state index contributed by atoms with van der Waals surface area (Å²) in [5, 5.41) is 3.40. The molecule has 4 heterocycles. The summed E-state index contributed by atoms with van der Waals surface area (Å²) in [4.78, 5) is 23.5. The summed E-state index contributed by atoms with van der Waals surface area (Å²) in [5.74, 6) is 0.0305. The Bertz CT molecular complexity index is 1120. The van der Waals surface area contributed by atoms with Gasteiger partial charge in [0.1, 0.15) is 6.10 Å². The van der Waals surface area contributed by atoms with Gasteiger partial charge in [0, 0.05) is 0 Å². The van der Waals surface area contributed by atoms with Crippen molar-refractivity contribution >= 4 is 34.2 Å². The second-order valence-electron chi connectivity index (χ2n) is 11.2. The quantitative estimate of drug-likeness (QED) is 0.473. The van der Waals surface area contributed by atoms with E-state index < -0.39 is 23.3 Å². The summed E-state index contributed by atoms with van der Waals surface area (Å²) in [7, 11) is -3.60. The molecule has 0 saturated carbocycles. The molecule has 202 valence electrons. The first-order valence-corrected chi connectivity index (χ1v) is 16.9. The average molecular weight is 539 g/mol. The number of nitrogens with zero attached hydrogens (tertiary/aromatic N) is 3. The largest absolute Gasteiger partial charge is 0.414 e. The smallest absolute Gasteiger partial charge is 0.335 e. The van der Waals surface area contributed by atoms with Crippen LogP contribution in [-0.4, -0.2) is 68.5 Å². The minimum Gasteiger partial charge on any atom is -0.414 e. The minimum atomic E-state index is -2.81. The SMILES string of the molecule is CN[C@@H]1[C@@H]2O[Si](C(C)C)(C(C)C)O[Si](C(C)C)(C(C)C)OC[C@H]2O[C@H]1n1cnc2c(=O)[nH]c(N)nc21. The number of fused-ring (bicyclic) bond motifs is 2. The van der Waals surface area contributed by atoms with Crippen molar-refractivity contribution in [1.82, 2.24) is 24.8 Å². The maximum Gasteiger partial charge on any atom is 0.335 e. The van der Waals surface area contributed by atoms with Gasteiger partial charge in [-0.3, -0.25) is 14.3 Å². The Labute approximate surface area is 215 Å². The van der Waals surface area contributed by atoms with Crippen molar-refractivity contribution in [2.24, 2.45) is 0 Å². The van der Waals surface area contributed by atoms with E-state index in [1.807, 2.05) is 7.05 Å². The van der Waals surface area contributed by atoms with Crippen molar-refractivity contribution in [3.05, 3.63) is 16.7 Å². The molecule has 11 nitrogen and oxygen atoms in total. The van der Waals surface area contributed by atoms with Crippen LogP contribution in [0.25, 0.3) is 11.2 Å². The number of aromatic amines is 1. The molecule has 2 aliphatic rings. The highest BCUT2D eigenvalue weighted by Crippen LogP contribution is 2.48. The Morgan fingerprint density at radius 3 is 2.25 bits per heavy atom. The van der Waals surface area contributed by atoms with Crippen molar-refractivity contribution in [2.45, 2.75) is 102 Å². The molecule has 2 aromatic rings. The van der Waals surface area contributed by atoms with E-state index in [1.165, 1.54) is 0 Å². The molecular formula is C23H42N6O5Si2. The third-order valence-electron chi connectivity index (χ3n) is 7.73. The second-order valence-corrected chi connectivity index (χ2v) is 20.1. The van der Waals surface area contributed by atoms with E-state index >= 15 is 0 Å². The molecule has 0 amide bonds. The topological polar surface area (TPSA) is 139 Å². The highest BCUT2D eigenvalue weighted by molar-refractivity contribution is 6.84. The third kappa shape index (κ3) is 4.27. The van der Waals surface area contributed by atoms with E-state index in [0.717, 1.165) is 0 Å². The number of ether oxygens (including phenoxy) is 1. The molecule has 4 rings (SSSR count). The Balaban J connectivity index is 1.82. The molecule has 0 aliphatic carbocycles. The molecule has 2 saturated heterocycles. The van der Waals surface area contributed by atoms with Gasteiger partial charge < -0.3 is 28.8 Å². The maximum atomic E-state index is 12.4. The standard InChI is InChI=1S/C23H42N6O5Si2/c1-12(2)35(13(3)4)31-10-16-19(33-36(34-35,14(5)6)15(7)8)17(25-9)22(32-16)29-11-26-18-20(29)27-23(24)28-21(18)30/h11-17,19,22,25H,10H2,1-9H3,(H3,24,27,28,30)/t16-,17-,19-,22-/m1/s1. The second kappa shape index (κ2) is 9.93. The van der Waals surface area contributed by atoms with Crippen LogP contribution < -0.4 is 16.6 Å². The molecule has 4 atom stereocenters. The van der Waals surface area contributed by atoms with Crippen LogP contribution in [0.2, 0.25) is 22.2 Å². The fourth-order valence-electron chi connectivity index (χ4n) is 5.83. The van der Waals surface area contributed by atoms with Gasteiger partial charge in [0.15, 0.2) is 17.4 Å². The Hall–Kier alpha value is -1.62. The summed E-state index contributed by atoms with van der Waals surface area (Å²) in [6, 6.07) is -0.251. The van der Waals surface area contributed by atoms with Crippen LogP contribution in [-0.2, 0) is 17.7 Å². The fraction of sp³-hybridized carbons (Fsp3) is 0.783. The third-order valence-corrected chi connectivity index (χ3v) is 18.0. The number of nitrogen functional groups attached to an aromatic ring is 1. The van der Waals surface area contributed by atoms with Gasteiger partial charge in [0.25, 0.3) is 5.56 Å². The van der Waals surface area contributed by atoms with Crippen LogP contribution in [0.15, 0.2) is 11.1 Å². The van der Waals surface area contributed by atoms with E-state index in [-0.39, 0.29) is 57.4 Å². The van der Waals surface area contributed by atoms with Gasteiger partial charge in [-0.1, -0.05) is 55.4 Å². The number of anilines is 1. The summed E-state index contributed by atoms with van der Waals surface area (Å²) >= 11 is 0. The molecule has 2 fully saturated rings. The van der Waals surface area contributed by atoms with Gasteiger partial charge in [-0.25, -0.2) is 4.98 Å². The number of rotatable bonds is 6. The number of hydrogen-bond acceptors (Lipinski definition) is 9. The van der Waals surface area contributed by atoms with Crippen LogP contribution in [0.5, 0.6) is 0 Å². The molecule has 4 N–H and O–H groups in total. The van der Waals surface area contributed by atoms with Crippen molar-refractivity contribution in [2.75, 3.05) is 19.4 Å². The van der Waals surface area contributed by atoms with Crippen LogP contribution >= 0.6 is 0 Å². The van der Waals surface area contributed by atoms with Gasteiger partial charge in [-0.05, 0) is 29.2 Å². The summed E-state index contributed by atoms with van der Waals surface area (Å²) in [6.45, 7) is 18.0. The zero-order valence-corrected chi connectivity index (χ0v) is 24.9. The summed E-state index contributed by atoms with van der Waals surface area (Å²) in [6.07, 6.45) is 0.404. The van der Waals surface area contributed by atoms with E-state index in [2.05, 4.69) is 75.7 Å².